The van der Waals surface area contributed by atoms with Crippen molar-refractivity contribution in [2.45, 2.75) is 405 Å². The number of allylic oxidation sites excluding steroid dienone is 16. The van der Waals surface area contributed by atoms with Crippen LogP contribution in [0.15, 0.2) is 97.2 Å². The van der Waals surface area contributed by atoms with E-state index in [1.165, 1.54) is 283 Å². The minimum atomic E-state index is -4.40. The summed E-state index contributed by atoms with van der Waals surface area (Å²) >= 11 is 0. The van der Waals surface area contributed by atoms with Gasteiger partial charge in [-0.1, -0.05) is 387 Å². The smallest absolute Gasteiger partial charge is 0.462 e. The van der Waals surface area contributed by atoms with Gasteiger partial charge in [-0.3, -0.25) is 18.6 Å². The van der Waals surface area contributed by atoms with Crippen molar-refractivity contribution in [1.29, 1.82) is 0 Å². The van der Waals surface area contributed by atoms with Gasteiger partial charge in [0.05, 0.1) is 13.2 Å². The maximum atomic E-state index is 12.8. The average Bonchev–Trinajstić information content (AvgIpc) is 3.32. The second-order valence-electron chi connectivity index (χ2n) is 27.3. The van der Waals surface area contributed by atoms with Crippen molar-refractivity contribution in [3.8, 4) is 0 Å². The molecule has 0 radical (unpaired) electrons. The predicted molar refractivity (Wildman–Crippen MR) is 413 cm³/mol. The molecule has 0 heterocycles. The second-order valence-corrected chi connectivity index (χ2v) is 28.7. The summed E-state index contributed by atoms with van der Waals surface area (Å²) in [6.45, 7) is 3.68. The zero-order valence-corrected chi connectivity index (χ0v) is 63.3. The Morgan fingerprint density at radius 1 is 0.326 bits per heavy atom. The lowest BCUT2D eigenvalue weighted by atomic mass is 10.0. The van der Waals surface area contributed by atoms with Gasteiger partial charge in [0, 0.05) is 19.4 Å². The summed E-state index contributed by atoms with van der Waals surface area (Å²) in [6.07, 6.45) is 110. The van der Waals surface area contributed by atoms with Crippen molar-refractivity contribution in [2.24, 2.45) is 5.73 Å². The number of hydrogen-bond acceptors (Lipinski definition) is 8. The third-order valence-corrected chi connectivity index (χ3v) is 18.9. The molecule has 0 saturated heterocycles. The maximum Gasteiger partial charge on any atom is 0.472 e. The Morgan fingerprint density at radius 3 is 0.863 bits per heavy atom. The topological polar surface area (TPSA) is 134 Å². The number of carbonyl (C=O) groups is 2. The number of rotatable bonds is 77. The van der Waals surface area contributed by atoms with E-state index in [9.17, 15) is 19.0 Å². The number of phosphoric ester groups is 1. The van der Waals surface area contributed by atoms with Crippen molar-refractivity contribution in [3.63, 3.8) is 0 Å². The van der Waals surface area contributed by atoms with Gasteiger partial charge in [-0.15, -0.1) is 0 Å². The SMILES string of the molecule is CC/C=C\C/C=C\C/C=C\C/C=C\C/C=C\C/C=C\CCCCCCCCCCCCCCCCCCC(=O)OC(COC(=O)CCCCCCCCCCCCCCCCCCCCCCCCCCCCC/C=C\C/C=C\CCCCCCC)COP(=O)(O)OCCN. The summed E-state index contributed by atoms with van der Waals surface area (Å²) in [5, 5.41) is 0. The first-order valence-electron chi connectivity index (χ1n) is 40.7. The molecule has 0 aromatic heterocycles. The fraction of sp³-hybridized carbons (Fsp3) is 0.788. The van der Waals surface area contributed by atoms with E-state index >= 15 is 0 Å². The van der Waals surface area contributed by atoms with Crippen molar-refractivity contribution in [1.82, 2.24) is 0 Å². The van der Waals surface area contributed by atoms with Gasteiger partial charge in [-0.25, -0.2) is 4.57 Å². The average molecular weight is 1350 g/mol. The molecule has 10 heteroatoms. The zero-order chi connectivity index (χ0) is 68.6. The van der Waals surface area contributed by atoms with Gasteiger partial charge < -0.3 is 20.1 Å². The third kappa shape index (κ3) is 79.8. The number of nitrogens with two attached hydrogens (primary N) is 1. The molecule has 3 N–H and O–H groups in total. The molecule has 0 aliphatic heterocycles. The largest absolute Gasteiger partial charge is 0.472 e. The highest BCUT2D eigenvalue weighted by atomic mass is 31.2. The Bertz CT molecular complexity index is 1890. The number of ether oxygens (including phenoxy) is 2. The highest BCUT2D eigenvalue weighted by molar-refractivity contribution is 7.47. The molecule has 0 spiro atoms. The van der Waals surface area contributed by atoms with E-state index in [0.717, 1.165) is 83.5 Å². The molecule has 95 heavy (non-hydrogen) atoms. The van der Waals surface area contributed by atoms with E-state index in [-0.39, 0.29) is 38.6 Å². The van der Waals surface area contributed by atoms with Crippen molar-refractivity contribution in [2.75, 3.05) is 26.4 Å². The van der Waals surface area contributed by atoms with E-state index in [1.54, 1.807) is 0 Å². The van der Waals surface area contributed by atoms with Gasteiger partial charge in [-0.05, 0) is 96.3 Å². The fourth-order valence-electron chi connectivity index (χ4n) is 12.0. The highest BCUT2D eigenvalue weighted by Crippen LogP contribution is 2.43. The number of phosphoric acid groups is 1. The third-order valence-electron chi connectivity index (χ3n) is 18.0. The van der Waals surface area contributed by atoms with Crippen molar-refractivity contribution >= 4 is 19.8 Å². The molecule has 0 saturated carbocycles. The Morgan fingerprint density at radius 2 is 0.579 bits per heavy atom. The van der Waals surface area contributed by atoms with E-state index < -0.39 is 26.5 Å². The zero-order valence-electron chi connectivity index (χ0n) is 62.4. The molecule has 0 amide bonds. The molecule has 0 aromatic carbocycles. The molecule has 0 aromatic rings. The predicted octanol–water partition coefficient (Wildman–Crippen LogP) is 27.4. The summed E-state index contributed by atoms with van der Waals surface area (Å²) in [5.74, 6) is -0.810. The lowest BCUT2D eigenvalue weighted by Gasteiger charge is -2.19. The number of unbranched alkanes of at least 4 members (excludes halogenated alkanes) is 48. The summed E-state index contributed by atoms with van der Waals surface area (Å²) in [6, 6.07) is 0. The van der Waals surface area contributed by atoms with Crippen LogP contribution in [0, 0.1) is 0 Å². The van der Waals surface area contributed by atoms with Crippen LogP contribution in [0.1, 0.15) is 399 Å². The molecule has 2 unspecified atom stereocenters. The summed E-state index contributed by atoms with van der Waals surface area (Å²) in [7, 11) is -4.40. The molecule has 2 atom stereocenters. The minimum Gasteiger partial charge on any atom is -0.462 e. The molecule has 0 fully saturated rings. The lowest BCUT2D eigenvalue weighted by molar-refractivity contribution is -0.161. The van der Waals surface area contributed by atoms with Crippen LogP contribution in [0.3, 0.4) is 0 Å². The molecule has 0 rings (SSSR count). The van der Waals surface area contributed by atoms with Gasteiger partial charge in [0.2, 0.25) is 0 Å². The van der Waals surface area contributed by atoms with Crippen LogP contribution in [0.25, 0.3) is 0 Å². The van der Waals surface area contributed by atoms with Crippen LogP contribution < -0.4 is 5.73 Å². The normalized spacial score (nSPS) is 13.3. The number of esters is 2. The second kappa shape index (κ2) is 79.9. The van der Waals surface area contributed by atoms with Gasteiger partial charge in [0.1, 0.15) is 6.61 Å². The molecular formula is C85H154NO8P. The summed E-state index contributed by atoms with van der Waals surface area (Å²) in [5.41, 5.74) is 5.42. The van der Waals surface area contributed by atoms with E-state index in [0.29, 0.717) is 6.42 Å². The highest BCUT2D eigenvalue weighted by Gasteiger charge is 2.26. The van der Waals surface area contributed by atoms with Crippen LogP contribution in [0.2, 0.25) is 0 Å². The van der Waals surface area contributed by atoms with Gasteiger partial charge in [-0.2, -0.15) is 0 Å². The monoisotopic (exact) mass is 1350 g/mol. The molecule has 9 nitrogen and oxygen atoms in total. The summed E-state index contributed by atoms with van der Waals surface area (Å²) < 4.78 is 33.3. The molecule has 552 valence electrons. The molecular weight excluding hydrogens is 1190 g/mol. The van der Waals surface area contributed by atoms with Gasteiger partial charge >= 0.3 is 19.8 Å². The Kier molecular flexibility index (Phi) is 77.3. The van der Waals surface area contributed by atoms with Crippen LogP contribution in [-0.2, 0) is 32.7 Å². The molecule has 0 bridgehead atoms. The number of carbonyl (C=O) groups excluding carboxylic acids is 2. The van der Waals surface area contributed by atoms with Crippen LogP contribution in [0.4, 0.5) is 0 Å². The first kappa shape index (κ1) is 91.9. The molecule has 0 aliphatic carbocycles. The summed E-state index contributed by atoms with van der Waals surface area (Å²) in [4.78, 5) is 35.5. The van der Waals surface area contributed by atoms with Crippen molar-refractivity contribution in [3.05, 3.63) is 97.2 Å². The van der Waals surface area contributed by atoms with Gasteiger partial charge in [0.25, 0.3) is 0 Å². The van der Waals surface area contributed by atoms with Gasteiger partial charge in [0.15, 0.2) is 6.10 Å². The quantitative estimate of drug-likeness (QED) is 0.0264. The maximum absolute atomic E-state index is 12.8. The van der Waals surface area contributed by atoms with Crippen molar-refractivity contribution < 1.29 is 37.6 Å². The molecule has 0 aliphatic rings. The minimum absolute atomic E-state index is 0.0530. The Labute approximate surface area is 588 Å². The van der Waals surface area contributed by atoms with E-state index in [2.05, 4.69) is 111 Å². The number of hydrogen-bond donors (Lipinski definition) is 2. The van der Waals surface area contributed by atoms with Crippen LogP contribution in [-0.4, -0.2) is 49.3 Å². The standard InChI is InChI=1S/C85H154NO8P/c1-3-5-7-9-11-13-15-17-19-21-23-25-27-29-31-33-35-37-39-40-41-42-44-45-47-49-51-53-55-57-59-61-63-65-67-69-71-73-75-77-84(87)91-81-83(82-93-95(89,90)92-80-79-86)94-85(88)78-76-74-72-70-68-66-64-62-60-58-56-54-52-50-48-46-43-38-36-34-32-30-28-26-24-22-20-18-16-14-12-10-8-6-4-2/h6,8,12,14-15,17-18,20-21,23-24,26,30,32,36,38,83H,3-5,7,9-11,13,16,19,22,25,27-29,31,33-35,37,39-82,86H2,1-2H3,(H,89,90)/b8-6-,14-12-,17-15-,20-18-,23-21-,26-24-,32-30-,38-36-. The first-order chi connectivity index (χ1) is 46.8. The fourth-order valence-corrected chi connectivity index (χ4v) is 12.7. The lowest BCUT2D eigenvalue weighted by Crippen LogP contribution is -2.29. The van der Waals surface area contributed by atoms with E-state index in [4.69, 9.17) is 24.3 Å². The van der Waals surface area contributed by atoms with Crippen LogP contribution in [0.5, 0.6) is 0 Å². The Balaban J connectivity index is 3.77. The first-order valence-corrected chi connectivity index (χ1v) is 42.2. The van der Waals surface area contributed by atoms with Crippen LogP contribution >= 0.6 is 7.82 Å². The Hall–Kier alpha value is -3.07. The van der Waals surface area contributed by atoms with E-state index in [1.807, 2.05) is 0 Å².